The summed E-state index contributed by atoms with van der Waals surface area (Å²) in [5, 5.41) is 9.78. The lowest BCUT2D eigenvalue weighted by Crippen LogP contribution is -2.35. The third-order valence-electron chi connectivity index (χ3n) is 5.89. The molecule has 4 rings (SSSR count). The van der Waals surface area contributed by atoms with Crippen LogP contribution in [0.1, 0.15) is 34.9 Å². The molecule has 2 heterocycles. The second-order valence-corrected chi connectivity index (χ2v) is 8.09. The van der Waals surface area contributed by atoms with Crippen LogP contribution < -0.4 is 4.74 Å². The van der Waals surface area contributed by atoms with Crippen molar-refractivity contribution in [1.29, 1.82) is 5.26 Å². The lowest BCUT2D eigenvalue weighted by Gasteiger charge is -2.27. The first-order valence-corrected chi connectivity index (χ1v) is 11.2. The fourth-order valence-corrected chi connectivity index (χ4v) is 4.01. The van der Waals surface area contributed by atoms with E-state index in [0.717, 1.165) is 78.3 Å². The average Bonchev–Trinajstić information content (AvgIpc) is 2.84. The van der Waals surface area contributed by atoms with Gasteiger partial charge in [0.25, 0.3) is 0 Å². The van der Waals surface area contributed by atoms with E-state index in [1.165, 1.54) is 0 Å². The standard InChI is InChI=1S/C27H29N3O2/c1-3-22-16-26(20(2)29-27(22)32-19-21-7-5-4-6-8-21)23-9-10-24(25(15-23)17-28)18-30-11-13-31-14-12-30/h4-10,15-16H,3,11-14,18-19H2,1-2H3. The van der Waals surface area contributed by atoms with Crippen LogP contribution in [0, 0.1) is 18.3 Å². The SMILES string of the molecule is CCc1cc(-c2ccc(CN3CCOCC3)c(C#N)c2)c(C)nc1OCc1ccccc1. The minimum Gasteiger partial charge on any atom is -0.473 e. The third-order valence-corrected chi connectivity index (χ3v) is 5.89. The summed E-state index contributed by atoms with van der Waals surface area (Å²) in [7, 11) is 0. The highest BCUT2D eigenvalue weighted by Gasteiger charge is 2.16. The highest BCUT2D eigenvalue weighted by Crippen LogP contribution is 2.30. The molecule has 0 aliphatic carbocycles. The van der Waals surface area contributed by atoms with Crippen LogP contribution in [0.4, 0.5) is 0 Å². The van der Waals surface area contributed by atoms with Crippen LogP contribution in [0.3, 0.4) is 0 Å². The van der Waals surface area contributed by atoms with Crippen molar-refractivity contribution in [2.45, 2.75) is 33.4 Å². The Balaban J connectivity index is 1.57. The minimum absolute atomic E-state index is 0.494. The molecule has 0 spiro atoms. The van der Waals surface area contributed by atoms with Gasteiger partial charge in [-0.3, -0.25) is 4.90 Å². The molecular formula is C27H29N3O2. The summed E-state index contributed by atoms with van der Waals surface area (Å²) in [5.41, 5.74) is 6.92. The highest BCUT2D eigenvalue weighted by atomic mass is 16.5. The number of hydrogen-bond acceptors (Lipinski definition) is 5. The summed E-state index contributed by atoms with van der Waals surface area (Å²) in [5.74, 6) is 0.682. The quantitative estimate of drug-likeness (QED) is 0.537. The van der Waals surface area contributed by atoms with E-state index in [1.807, 2.05) is 31.2 Å². The van der Waals surface area contributed by atoms with E-state index in [0.29, 0.717) is 12.5 Å². The van der Waals surface area contributed by atoms with Crippen molar-refractivity contribution in [3.05, 3.63) is 82.5 Å². The second kappa shape index (κ2) is 10.4. The van der Waals surface area contributed by atoms with Gasteiger partial charge in [0.2, 0.25) is 5.88 Å². The van der Waals surface area contributed by atoms with E-state index in [2.05, 4.69) is 48.2 Å². The smallest absolute Gasteiger partial charge is 0.217 e. The van der Waals surface area contributed by atoms with Crippen LogP contribution in [-0.4, -0.2) is 36.2 Å². The minimum atomic E-state index is 0.494. The van der Waals surface area contributed by atoms with E-state index in [1.54, 1.807) is 0 Å². The molecule has 0 atom stereocenters. The van der Waals surface area contributed by atoms with Gasteiger partial charge in [0.1, 0.15) is 6.61 Å². The molecule has 0 amide bonds. The van der Waals surface area contributed by atoms with Crippen molar-refractivity contribution in [3.63, 3.8) is 0 Å². The number of morpholine rings is 1. The summed E-state index contributed by atoms with van der Waals surface area (Å²) in [6, 6.07) is 20.8. The van der Waals surface area contributed by atoms with Crippen LogP contribution in [0.15, 0.2) is 54.6 Å². The van der Waals surface area contributed by atoms with Gasteiger partial charge in [-0.25, -0.2) is 4.98 Å². The number of nitrogens with zero attached hydrogens (tertiary/aromatic N) is 3. The molecule has 0 radical (unpaired) electrons. The molecule has 1 fully saturated rings. The summed E-state index contributed by atoms with van der Waals surface area (Å²) in [6.07, 6.45) is 0.824. The van der Waals surface area contributed by atoms with E-state index in [-0.39, 0.29) is 0 Å². The van der Waals surface area contributed by atoms with Gasteiger partial charge in [0.15, 0.2) is 0 Å². The van der Waals surface area contributed by atoms with Gasteiger partial charge < -0.3 is 9.47 Å². The molecule has 0 unspecified atom stereocenters. The molecule has 164 valence electrons. The van der Waals surface area contributed by atoms with Crippen molar-refractivity contribution in [2.75, 3.05) is 26.3 Å². The number of ether oxygens (including phenoxy) is 2. The maximum Gasteiger partial charge on any atom is 0.217 e. The van der Waals surface area contributed by atoms with Gasteiger partial charge in [0.05, 0.1) is 24.8 Å². The Labute approximate surface area is 190 Å². The zero-order valence-corrected chi connectivity index (χ0v) is 18.8. The third kappa shape index (κ3) is 5.16. The predicted molar refractivity (Wildman–Crippen MR) is 125 cm³/mol. The van der Waals surface area contributed by atoms with Crippen LogP contribution >= 0.6 is 0 Å². The fourth-order valence-electron chi connectivity index (χ4n) is 4.01. The zero-order valence-electron chi connectivity index (χ0n) is 18.8. The Morgan fingerprint density at radius 3 is 2.56 bits per heavy atom. The Hall–Kier alpha value is -3.20. The largest absolute Gasteiger partial charge is 0.473 e. The Morgan fingerprint density at radius 1 is 1.06 bits per heavy atom. The summed E-state index contributed by atoms with van der Waals surface area (Å²) in [6.45, 7) is 8.69. The van der Waals surface area contributed by atoms with Gasteiger partial charge >= 0.3 is 0 Å². The maximum absolute atomic E-state index is 9.78. The van der Waals surface area contributed by atoms with Crippen LogP contribution in [0.25, 0.3) is 11.1 Å². The number of pyridine rings is 1. The van der Waals surface area contributed by atoms with Crippen molar-refractivity contribution in [3.8, 4) is 23.1 Å². The van der Waals surface area contributed by atoms with Gasteiger partial charge in [0, 0.05) is 36.5 Å². The number of rotatable bonds is 7. The highest BCUT2D eigenvalue weighted by molar-refractivity contribution is 5.69. The van der Waals surface area contributed by atoms with Crippen molar-refractivity contribution < 1.29 is 9.47 Å². The molecule has 1 aromatic heterocycles. The summed E-state index contributed by atoms with van der Waals surface area (Å²) >= 11 is 0. The molecule has 2 aromatic carbocycles. The van der Waals surface area contributed by atoms with E-state index in [9.17, 15) is 5.26 Å². The Bertz CT molecular complexity index is 1100. The fraction of sp³-hybridized carbons (Fsp3) is 0.333. The van der Waals surface area contributed by atoms with E-state index in [4.69, 9.17) is 14.5 Å². The first kappa shape index (κ1) is 22.0. The lowest BCUT2D eigenvalue weighted by atomic mass is 9.97. The maximum atomic E-state index is 9.78. The molecule has 1 saturated heterocycles. The number of hydrogen-bond donors (Lipinski definition) is 0. The zero-order chi connectivity index (χ0) is 22.3. The molecule has 0 N–H and O–H groups in total. The van der Waals surface area contributed by atoms with Crippen molar-refractivity contribution >= 4 is 0 Å². The average molecular weight is 428 g/mol. The first-order chi connectivity index (χ1) is 15.7. The molecular weight excluding hydrogens is 398 g/mol. The van der Waals surface area contributed by atoms with Gasteiger partial charge in [-0.05, 0) is 42.2 Å². The van der Waals surface area contributed by atoms with Gasteiger partial charge in [-0.1, -0.05) is 49.4 Å². The van der Waals surface area contributed by atoms with E-state index < -0.39 is 0 Å². The molecule has 0 saturated carbocycles. The number of aryl methyl sites for hydroxylation is 2. The van der Waals surface area contributed by atoms with Gasteiger partial charge in [-0.2, -0.15) is 5.26 Å². The summed E-state index contributed by atoms with van der Waals surface area (Å²) < 4.78 is 11.5. The Kier molecular flexibility index (Phi) is 7.16. The predicted octanol–water partition coefficient (Wildman–Crippen LogP) is 4.90. The second-order valence-electron chi connectivity index (χ2n) is 8.09. The van der Waals surface area contributed by atoms with Crippen molar-refractivity contribution in [2.24, 2.45) is 0 Å². The van der Waals surface area contributed by atoms with Crippen molar-refractivity contribution in [1.82, 2.24) is 9.88 Å². The van der Waals surface area contributed by atoms with Crippen LogP contribution in [0.5, 0.6) is 5.88 Å². The molecule has 1 aliphatic rings. The topological polar surface area (TPSA) is 58.4 Å². The molecule has 5 nitrogen and oxygen atoms in total. The molecule has 0 bridgehead atoms. The molecule has 5 heteroatoms. The number of aromatic nitrogens is 1. The Morgan fingerprint density at radius 2 is 1.84 bits per heavy atom. The lowest BCUT2D eigenvalue weighted by molar-refractivity contribution is 0.0341. The normalized spacial score (nSPS) is 14.2. The number of nitriles is 1. The molecule has 1 aliphatic heterocycles. The molecule has 3 aromatic rings. The summed E-state index contributed by atoms with van der Waals surface area (Å²) in [4.78, 5) is 7.11. The van der Waals surface area contributed by atoms with Crippen LogP contribution in [-0.2, 0) is 24.3 Å². The monoisotopic (exact) mass is 427 g/mol. The molecule has 32 heavy (non-hydrogen) atoms. The van der Waals surface area contributed by atoms with Crippen LogP contribution in [0.2, 0.25) is 0 Å². The first-order valence-electron chi connectivity index (χ1n) is 11.2. The van der Waals surface area contributed by atoms with Gasteiger partial charge in [-0.15, -0.1) is 0 Å². The van der Waals surface area contributed by atoms with E-state index >= 15 is 0 Å². The number of benzene rings is 2.